The van der Waals surface area contributed by atoms with Crippen molar-refractivity contribution in [2.45, 2.75) is 12.8 Å². The van der Waals surface area contributed by atoms with E-state index in [0.717, 1.165) is 6.54 Å². The van der Waals surface area contributed by atoms with E-state index in [0.29, 0.717) is 0 Å². The summed E-state index contributed by atoms with van der Waals surface area (Å²) in [7, 11) is 0. The zero-order chi connectivity index (χ0) is 10.3. The van der Waals surface area contributed by atoms with Gasteiger partial charge in [-0.05, 0) is 29.9 Å². The van der Waals surface area contributed by atoms with Crippen molar-refractivity contribution in [2.75, 3.05) is 11.9 Å². The van der Waals surface area contributed by atoms with Gasteiger partial charge in [0.1, 0.15) is 0 Å². The number of rotatable bonds is 0. The number of nitrogens with one attached hydrogen (secondary N) is 1. The molecule has 0 atom stereocenters. The average Bonchev–Trinajstić information content (AvgIpc) is 2.30. The smallest absolute Gasteiger partial charge is 0.0453 e. The Balaban J connectivity index is 2.39. The predicted molar refractivity (Wildman–Crippen MR) is 68.5 cm³/mol. The lowest BCUT2D eigenvalue weighted by Gasteiger charge is -2.20. The summed E-state index contributed by atoms with van der Waals surface area (Å²) in [6, 6.07) is 10.8. The maximum atomic E-state index is 3.65. The number of hydrogen-bond acceptors (Lipinski definition) is 1. The van der Waals surface area contributed by atoms with Crippen LogP contribution in [0.5, 0.6) is 0 Å². The zero-order valence-corrected chi connectivity index (χ0v) is 9.97. The fourth-order valence-electron chi connectivity index (χ4n) is 2.28. The molecule has 0 unspecified atom stereocenters. The van der Waals surface area contributed by atoms with Crippen molar-refractivity contribution in [3.05, 3.63) is 40.4 Å². The van der Waals surface area contributed by atoms with E-state index < -0.39 is 0 Å². The molecule has 2 aromatic rings. The number of benzene rings is 2. The molecule has 0 fully saturated rings. The van der Waals surface area contributed by atoms with Crippen LogP contribution in [-0.4, -0.2) is 6.54 Å². The van der Waals surface area contributed by atoms with Crippen LogP contribution in [0, 0.1) is 0 Å². The summed E-state index contributed by atoms with van der Waals surface area (Å²) in [4.78, 5) is 0. The van der Waals surface area contributed by atoms with Gasteiger partial charge in [-0.15, -0.1) is 0 Å². The fourth-order valence-corrected chi connectivity index (χ4v) is 2.91. The molecule has 0 aromatic heterocycles. The van der Waals surface area contributed by atoms with Crippen LogP contribution in [0.3, 0.4) is 0 Å². The molecule has 1 nitrogen and oxygen atoms in total. The molecule has 0 radical (unpaired) electrons. The van der Waals surface area contributed by atoms with Crippen LogP contribution in [0.1, 0.15) is 12.0 Å². The van der Waals surface area contributed by atoms with Crippen LogP contribution in [0.15, 0.2) is 34.8 Å². The topological polar surface area (TPSA) is 12.0 Å². The van der Waals surface area contributed by atoms with Gasteiger partial charge < -0.3 is 5.32 Å². The Morgan fingerprint density at radius 1 is 1.13 bits per heavy atom. The summed E-state index contributed by atoms with van der Waals surface area (Å²) in [5, 5.41) is 6.14. The minimum absolute atomic E-state index is 1.10. The molecule has 1 aliphatic heterocycles. The lowest BCUT2D eigenvalue weighted by Crippen LogP contribution is -2.12. The lowest BCUT2D eigenvalue weighted by molar-refractivity contribution is 0.833. The molecule has 0 saturated carbocycles. The van der Waals surface area contributed by atoms with E-state index in [1.807, 2.05) is 0 Å². The quantitative estimate of drug-likeness (QED) is 0.757. The first-order valence-corrected chi connectivity index (χ1v) is 6.09. The molecule has 0 aliphatic carbocycles. The first kappa shape index (κ1) is 9.22. The third kappa shape index (κ3) is 1.44. The van der Waals surface area contributed by atoms with E-state index in [4.69, 9.17) is 0 Å². The molecule has 0 bridgehead atoms. The van der Waals surface area contributed by atoms with Crippen molar-refractivity contribution >= 4 is 32.4 Å². The SMILES string of the molecule is Brc1cc2c(c3ccccc13)NCCC2. The number of hydrogen-bond donors (Lipinski definition) is 1. The molecule has 0 saturated heterocycles. The van der Waals surface area contributed by atoms with Crippen LogP contribution in [-0.2, 0) is 6.42 Å². The first-order valence-electron chi connectivity index (χ1n) is 5.30. The highest BCUT2D eigenvalue weighted by Gasteiger charge is 2.13. The minimum atomic E-state index is 1.10. The minimum Gasteiger partial charge on any atom is -0.384 e. The van der Waals surface area contributed by atoms with Crippen molar-refractivity contribution in [2.24, 2.45) is 0 Å². The molecule has 3 rings (SSSR count). The van der Waals surface area contributed by atoms with E-state index in [1.54, 1.807) is 0 Å². The van der Waals surface area contributed by atoms with E-state index >= 15 is 0 Å². The van der Waals surface area contributed by atoms with Gasteiger partial charge in [-0.25, -0.2) is 0 Å². The van der Waals surface area contributed by atoms with Crippen LogP contribution >= 0.6 is 15.9 Å². The highest BCUT2D eigenvalue weighted by molar-refractivity contribution is 9.10. The summed E-state index contributed by atoms with van der Waals surface area (Å²) >= 11 is 3.65. The molecular weight excluding hydrogens is 250 g/mol. The van der Waals surface area contributed by atoms with Crippen molar-refractivity contribution < 1.29 is 0 Å². The van der Waals surface area contributed by atoms with Gasteiger partial charge >= 0.3 is 0 Å². The second-order valence-electron chi connectivity index (χ2n) is 3.97. The first-order chi connectivity index (χ1) is 7.36. The molecule has 1 heterocycles. The molecule has 1 aliphatic rings. The molecule has 1 N–H and O–H groups in total. The normalized spacial score (nSPS) is 14.7. The Hall–Kier alpha value is -1.02. The molecular formula is C13H12BrN. The van der Waals surface area contributed by atoms with Gasteiger partial charge in [-0.3, -0.25) is 0 Å². The molecule has 15 heavy (non-hydrogen) atoms. The monoisotopic (exact) mass is 261 g/mol. The molecule has 2 heteroatoms. The average molecular weight is 262 g/mol. The molecule has 0 spiro atoms. The van der Waals surface area contributed by atoms with Gasteiger partial charge in [0.25, 0.3) is 0 Å². The predicted octanol–water partition coefficient (Wildman–Crippen LogP) is 3.96. The summed E-state index contributed by atoms with van der Waals surface area (Å²) in [6.45, 7) is 1.10. The number of halogens is 1. The van der Waals surface area contributed by atoms with Crippen molar-refractivity contribution in [1.82, 2.24) is 0 Å². The van der Waals surface area contributed by atoms with E-state index in [9.17, 15) is 0 Å². The molecule has 76 valence electrons. The Morgan fingerprint density at radius 2 is 1.93 bits per heavy atom. The second kappa shape index (κ2) is 3.53. The number of aryl methyl sites for hydroxylation is 1. The number of fused-ring (bicyclic) bond motifs is 3. The van der Waals surface area contributed by atoms with E-state index in [1.165, 1.54) is 39.3 Å². The maximum absolute atomic E-state index is 3.65. The second-order valence-corrected chi connectivity index (χ2v) is 4.82. The Bertz CT molecular complexity index is 519. The van der Waals surface area contributed by atoms with Crippen LogP contribution in [0.2, 0.25) is 0 Å². The van der Waals surface area contributed by atoms with Gasteiger partial charge in [-0.1, -0.05) is 40.2 Å². The molecule has 0 amide bonds. The maximum Gasteiger partial charge on any atom is 0.0453 e. The summed E-state index contributed by atoms with van der Waals surface area (Å²) in [6.07, 6.45) is 2.42. The molecule has 2 aromatic carbocycles. The van der Waals surface area contributed by atoms with Crippen LogP contribution in [0.25, 0.3) is 10.8 Å². The van der Waals surface area contributed by atoms with Gasteiger partial charge in [0.15, 0.2) is 0 Å². The zero-order valence-electron chi connectivity index (χ0n) is 8.39. The highest BCUT2D eigenvalue weighted by Crippen LogP contribution is 2.35. The number of anilines is 1. The van der Waals surface area contributed by atoms with Crippen LogP contribution < -0.4 is 5.32 Å². The van der Waals surface area contributed by atoms with E-state index in [2.05, 4.69) is 51.6 Å². The standard InChI is InChI=1S/C13H12BrN/c14-12-8-9-4-3-7-15-13(9)11-6-2-1-5-10(11)12/h1-2,5-6,8,15H,3-4,7H2. The largest absolute Gasteiger partial charge is 0.384 e. The summed E-state index contributed by atoms with van der Waals surface area (Å²) in [5.41, 5.74) is 2.77. The summed E-state index contributed by atoms with van der Waals surface area (Å²) in [5.74, 6) is 0. The van der Waals surface area contributed by atoms with Crippen LogP contribution in [0.4, 0.5) is 5.69 Å². The Kier molecular flexibility index (Phi) is 2.17. The fraction of sp³-hybridized carbons (Fsp3) is 0.231. The van der Waals surface area contributed by atoms with Crippen molar-refractivity contribution in [3.63, 3.8) is 0 Å². The Labute approximate surface area is 97.6 Å². The lowest BCUT2D eigenvalue weighted by atomic mass is 9.98. The van der Waals surface area contributed by atoms with Crippen molar-refractivity contribution in [1.29, 1.82) is 0 Å². The van der Waals surface area contributed by atoms with Gasteiger partial charge in [0, 0.05) is 22.1 Å². The third-order valence-electron chi connectivity index (χ3n) is 3.00. The van der Waals surface area contributed by atoms with E-state index in [-0.39, 0.29) is 0 Å². The van der Waals surface area contributed by atoms with Gasteiger partial charge in [0.05, 0.1) is 0 Å². The van der Waals surface area contributed by atoms with Crippen molar-refractivity contribution in [3.8, 4) is 0 Å². The summed E-state index contributed by atoms with van der Waals surface area (Å²) < 4.78 is 1.21. The third-order valence-corrected chi connectivity index (χ3v) is 3.66. The van der Waals surface area contributed by atoms with Gasteiger partial charge in [-0.2, -0.15) is 0 Å². The Morgan fingerprint density at radius 3 is 2.80 bits per heavy atom. The highest BCUT2D eigenvalue weighted by atomic mass is 79.9. The van der Waals surface area contributed by atoms with Gasteiger partial charge in [0.2, 0.25) is 0 Å².